The molecule has 0 atom stereocenters. The van der Waals surface area contributed by atoms with Gasteiger partial charge in [-0.2, -0.15) is 4.31 Å². The van der Waals surface area contributed by atoms with Crippen molar-refractivity contribution in [2.24, 2.45) is 11.7 Å². The highest BCUT2D eigenvalue weighted by Gasteiger charge is 2.21. The first kappa shape index (κ1) is 16.3. The molecule has 0 radical (unpaired) electrons. The predicted molar refractivity (Wildman–Crippen MR) is 71.0 cm³/mol. The molecule has 0 aliphatic carbocycles. The van der Waals surface area contributed by atoms with E-state index in [-0.39, 0.29) is 17.4 Å². The molecule has 0 aromatic carbocycles. The van der Waals surface area contributed by atoms with Gasteiger partial charge in [-0.05, 0) is 5.92 Å². The van der Waals surface area contributed by atoms with Crippen molar-refractivity contribution in [2.45, 2.75) is 13.8 Å². The Morgan fingerprint density at radius 3 is 2.41 bits per heavy atom. The first-order chi connectivity index (χ1) is 7.65. The maximum absolute atomic E-state index is 11.6. The standard InChI is InChI=1S/C9H19N3O3S2/c1-7(2)4-11-9(13)5-12(3)17(14,15)6-8(10)16/h7H,4-6H2,1-3H3,(H2,10,16)(H,11,13). The molecule has 3 N–H and O–H groups in total. The molecule has 0 aliphatic rings. The monoisotopic (exact) mass is 281 g/mol. The van der Waals surface area contributed by atoms with Crippen molar-refractivity contribution in [2.75, 3.05) is 25.9 Å². The quantitative estimate of drug-likeness (QED) is 0.602. The molecular formula is C9H19N3O3S2. The largest absolute Gasteiger partial charge is 0.392 e. The van der Waals surface area contributed by atoms with Crippen molar-refractivity contribution < 1.29 is 13.2 Å². The zero-order valence-corrected chi connectivity index (χ0v) is 11.9. The Morgan fingerprint density at radius 1 is 1.47 bits per heavy atom. The van der Waals surface area contributed by atoms with Crippen LogP contribution in [-0.4, -0.2) is 49.5 Å². The maximum Gasteiger partial charge on any atom is 0.235 e. The molecule has 8 heteroatoms. The second-order valence-corrected chi connectivity index (χ2v) is 6.78. The summed E-state index contributed by atoms with van der Waals surface area (Å²) in [7, 11) is -2.26. The number of hydrogen-bond donors (Lipinski definition) is 2. The number of nitrogens with zero attached hydrogens (tertiary/aromatic N) is 1. The van der Waals surface area contributed by atoms with E-state index >= 15 is 0 Å². The van der Waals surface area contributed by atoms with Gasteiger partial charge in [-0.25, -0.2) is 8.42 Å². The maximum atomic E-state index is 11.6. The van der Waals surface area contributed by atoms with Gasteiger partial charge >= 0.3 is 0 Å². The molecule has 17 heavy (non-hydrogen) atoms. The van der Waals surface area contributed by atoms with Crippen molar-refractivity contribution >= 4 is 33.1 Å². The van der Waals surface area contributed by atoms with Crippen LogP contribution >= 0.6 is 12.2 Å². The average molecular weight is 281 g/mol. The molecule has 0 aromatic heterocycles. The fourth-order valence-corrected chi connectivity index (χ4v) is 2.31. The molecule has 0 aliphatic heterocycles. The Bertz CT molecular complexity index is 379. The van der Waals surface area contributed by atoms with E-state index in [1.807, 2.05) is 13.8 Å². The summed E-state index contributed by atoms with van der Waals surface area (Å²) in [5.41, 5.74) is 5.17. The van der Waals surface area contributed by atoms with Crippen LogP contribution in [0.2, 0.25) is 0 Å². The lowest BCUT2D eigenvalue weighted by molar-refractivity contribution is -0.121. The van der Waals surface area contributed by atoms with Gasteiger partial charge in [-0.15, -0.1) is 0 Å². The second-order valence-electron chi connectivity index (χ2n) is 4.18. The van der Waals surface area contributed by atoms with Crippen molar-refractivity contribution in [3.63, 3.8) is 0 Å². The summed E-state index contributed by atoms with van der Waals surface area (Å²) in [5.74, 6) is -0.443. The predicted octanol–water partition coefficient (Wildman–Crippen LogP) is -0.694. The van der Waals surface area contributed by atoms with Gasteiger partial charge < -0.3 is 11.1 Å². The van der Waals surface area contributed by atoms with E-state index < -0.39 is 15.8 Å². The molecule has 1 amide bonds. The van der Waals surface area contributed by atoms with Gasteiger partial charge in [0.05, 0.1) is 11.5 Å². The zero-order chi connectivity index (χ0) is 13.6. The third kappa shape index (κ3) is 7.24. The van der Waals surface area contributed by atoms with Gasteiger partial charge in [-0.3, -0.25) is 4.79 Å². The Kier molecular flexibility index (Phi) is 6.58. The Labute approximate surface area is 108 Å². The van der Waals surface area contributed by atoms with Crippen molar-refractivity contribution in [1.29, 1.82) is 0 Å². The summed E-state index contributed by atoms with van der Waals surface area (Å²) < 4.78 is 24.1. The van der Waals surface area contributed by atoms with Crippen LogP contribution in [0.4, 0.5) is 0 Å². The fraction of sp³-hybridized carbons (Fsp3) is 0.778. The fourth-order valence-electron chi connectivity index (χ4n) is 0.964. The van der Waals surface area contributed by atoms with Gasteiger partial charge in [0.2, 0.25) is 15.9 Å². The van der Waals surface area contributed by atoms with Gasteiger partial charge in [0.15, 0.2) is 0 Å². The summed E-state index contributed by atoms with van der Waals surface area (Å²) in [5, 5.41) is 2.63. The summed E-state index contributed by atoms with van der Waals surface area (Å²) in [6, 6.07) is 0. The van der Waals surface area contributed by atoms with E-state index in [2.05, 4.69) is 17.5 Å². The highest BCUT2D eigenvalue weighted by Crippen LogP contribution is 1.98. The third-order valence-corrected chi connectivity index (χ3v) is 3.95. The molecule has 0 spiro atoms. The van der Waals surface area contributed by atoms with Crippen LogP contribution in [0.5, 0.6) is 0 Å². The molecule has 6 nitrogen and oxygen atoms in total. The van der Waals surface area contributed by atoms with Crippen LogP contribution in [0.1, 0.15) is 13.8 Å². The number of thiocarbonyl (C=S) groups is 1. The first-order valence-corrected chi connectivity index (χ1v) is 7.16. The Balaban J connectivity index is 4.29. The second kappa shape index (κ2) is 6.87. The average Bonchev–Trinajstić information content (AvgIpc) is 2.12. The normalized spacial score (nSPS) is 11.8. The van der Waals surface area contributed by atoms with E-state index in [1.54, 1.807) is 0 Å². The van der Waals surface area contributed by atoms with Gasteiger partial charge in [-0.1, -0.05) is 26.1 Å². The molecule has 0 saturated heterocycles. The number of hydrogen-bond acceptors (Lipinski definition) is 4. The minimum atomic E-state index is -3.59. The molecule has 100 valence electrons. The van der Waals surface area contributed by atoms with Gasteiger partial charge in [0.25, 0.3) is 0 Å². The van der Waals surface area contributed by atoms with Crippen molar-refractivity contribution in [3.8, 4) is 0 Å². The lowest BCUT2D eigenvalue weighted by Gasteiger charge is -2.16. The summed E-state index contributed by atoms with van der Waals surface area (Å²) in [4.78, 5) is 11.3. The molecule has 0 rings (SSSR count). The first-order valence-electron chi connectivity index (χ1n) is 5.14. The Morgan fingerprint density at radius 2 is 2.00 bits per heavy atom. The number of amides is 1. The summed E-state index contributed by atoms with van der Waals surface area (Å²) >= 11 is 4.53. The van der Waals surface area contributed by atoms with E-state index in [1.165, 1.54) is 7.05 Å². The van der Waals surface area contributed by atoms with E-state index in [0.717, 1.165) is 4.31 Å². The van der Waals surface area contributed by atoms with Crippen LogP contribution in [0, 0.1) is 5.92 Å². The van der Waals surface area contributed by atoms with Crippen molar-refractivity contribution in [1.82, 2.24) is 9.62 Å². The van der Waals surface area contributed by atoms with Crippen LogP contribution in [0.25, 0.3) is 0 Å². The highest BCUT2D eigenvalue weighted by molar-refractivity contribution is 7.92. The smallest absolute Gasteiger partial charge is 0.235 e. The number of nitrogens with one attached hydrogen (secondary N) is 1. The number of carbonyl (C=O) groups excluding carboxylic acids is 1. The number of sulfonamides is 1. The summed E-state index contributed by atoms with van der Waals surface area (Å²) in [6.07, 6.45) is 0. The van der Waals surface area contributed by atoms with E-state index in [9.17, 15) is 13.2 Å². The van der Waals surface area contributed by atoms with Gasteiger partial charge in [0.1, 0.15) is 5.75 Å². The van der Waals surface area contributed by atoms with Crippen LogP contribution in [0.3, 0.4) is 0 Å². The topological polar surface area (TPSA) is 92.5 Å². The van der Waals surface area contributed by atoms with Crippen molar-refractivity contribution in [3.05, 3.63) is 0 Å². The molecule has 0 bridgehead atoms. The minimum Gasteiger partial charge on any atom is -0.392 e. The molecule has 0 heterocycles. The lowest BCUT2D eigenvalue weighted by Crippen LogP contribution is -2.41. The molecule has 0 aromatic rings. The third-order valence-electron chi connectivity index (χ3n) is 1.87. The molecule has 0 fully saturated rings. The van der Waals surface area contributed by atoms with Crippen LogP contribution in [0.15, 0.2) is 0 Å². The SMILES string of the molecule is CC(C)CNC(=O)CN(C)S(=O)(=O)CC(N)=S. The van der Waals surface area contributed by atoms with E-state index in [4.69, 9.17) is 5.73 Å². The minimum absolute atomic E-state index is 0.112. The number of nitrogens with two attached hydrogens (primary N) is 1. The molecular weight excluding hydrogens is 262 g/mol. The van der Waals surface area contributed by atoms with Gasteiger partial charge in [0, 0.05) is 13.6 Å². The Hall–Kier alpha value is -0.730. The van der Waals surface area contributed by atoms with E-state index in [0.29, 0.717) is 12.5 Å². The number of carbonyl (C=O) groups is 1. The lowest BCUT2D eigenvalue weighted by atomic mass is 10.2. The van der Waals surface area contributed by atoms with Crippen LogP contribution in [-0.2, 0) is 14.8 Å². The molecule has 0 saturated carbocycles. The number of rotatable bonds is 7. The van der Waals surface area contributed by atoms with Crippen LogP contribution < -0.4 is 11.1 Å². The summed E-state index contributed by atoms with van der Waals surface area (Å²) in [6.45, 7) is 4.20. The zero-order valence-electron chi connectivity index (χ0n) is 10.3. The highest BCUT2D eigenvalue weighted by atomic mass is 32.2. The molecule has 0 unspecified atom stereocenters. The number of likely N-dealkylation sites (N-methyl/N-ethyl adjacent to an activating group) is 1.